The summed E-state index contributed by atoms with van der Waals surface area (Å²) >= 11 is 0. The lowest BCUT2D eigenvalue weighted by Gasteiger charge is -2.36. The molecule has 1 aromatic rings. The molecule has 1 aromatic carbocycles. The third-order valence-corrected chi connectivity index (χ3v) is 4.18. The molecule has 1 nitrogen and oxygen atoms in total. The Morgan fingerprint density at radius 3 is 2.28 bits per heavy atom. The molecule has 0 heterocycles. The van der Waals surface area contributed by atoms with E-state index in [2.05, 4.69) is 6.92 Å². The fourth-order valence-electron chi connectivity index (χ4n) is 2.83. The predicted molar refractivity (Wildman–Crippen MR) is 67.3 cm³/mol. The molecule has 0 amide bonds. The van der Waals surface area contributed by atoms with Crippen molar-refractivity contribution in [1.29, 1.82) is 0 Å². The Morgan fingerprint density at radius 1 is 1.22 bits per heavy atom. The van der Waals surface area contributed by atoms with Gasteiger partial charge in [-0.3, -0.25) is 0 Å². The Hall–Kier alpha value is -0.960. The summed E-state index contributed by atoms with van der Waals surface area (Å²) in [6.07, 6.45) is 4.37. The van der Waals surface area contributed by atoms with Gasteiger partial charge in [-0.1, -0.05) is 19.4 Å². The van der Waals surface area contributed by atoms with Crippen molar-refractivity contribution in [1.82, 2.24) is 0 Å². The first-order valence-corrected chi connectivity index (χ1v) is 6.69. The SMILES string of the molecule is CCC1CCC(O)(Cc2c(F)cccc2F)CC1. The van der Waals surface area contributed by atoms with Gasteiger partial charge in [0, 0.05) is 12.0 Å². The average molecular weight is 254 g/mol. The molecular weight excluding hydrogens is 234 g/mol. The minimum absolute atomic E-state index is 0.0231. The summed E-state index contributed by atoms with van der Waals surface area (Å²) in [7, 11) is 0. The Labute approximate surface area is 107 Å². The van der Waals surface area contributed by atoms with E-state index < -0.39 is 17.2 Å². The summed E-state index contributed by atoms with van der Waals surface area (Å²) in [6.45, 7) is 2.14. The highest BCUT2D eigenvalue weighted by molar-refractivity contribution is 5.21. The van der Waals surface area contributed by atoms with Crippen molar-refractivity contribution in [2.45, 2.75) is 51.0 Å². The fraction of sp³-hybridized carbons (Fsp3) is 0.600. The lowest BCUT2D eigenvalue weighted by atomic mass is 9.75. The molecule has 0 radical (unpaired) electrons. The van der Waals surface area contributed by atoms with E-state index in [1.165, 1.54) is 18.2 Å². The Morgan fingerprint density at radius 2 is 1.78 bits per heavy atom. The van der Waals surface area contributed by atoms with E-state index in [1.54, 1.807) is 0 Å². The largest absolute Gasteiger partial charge is 0.390 e. The van der Waals surface area contributed by atoms with Crippen LogP contribution in [0.3, 0.4) is 0 Å². The Kier molecular flexibility index (Phi) is 4.00. The second-order valence-corrected chi connectivity index (χ2v) is 5.45. The van der Waals surface area contributed by atoms with Crippen LogP contribution in [0.15, 0.2) is 18.2 Å². The summed E-state index contributed by atoms with van der Waals surface area (Å²) in [5, 5.41) is 10.5. The van der Waals surface area contributed by atoms with E-state index in [9.17, 15) is 13.9 Å². The molecule has 100 valence electrons. The minimum Gasteiger partial charge on any atom is -0.390 e. The number of halogens is 2. The van der Waals surface area contributed by atoms with Crippen LogP contribution in [0.5, 0.6) is 0 Å². The normalized spacial score (nSPS) is 28.3. The maximum atomic E-state index is 13.6. The first kappa shape index (κ1) is 13.5. The van der Waals surface area contributed by atoms with Gasteiger partial charge in [-0.15, -0.1) is 0 Å². The molecule has 1 saturated carbocycles. The first-order valence-electron chi connectivity index (χ1n) is 6.69. The zero-order valence-corrected chi connectivity index (χ0v) is 10.8. The summed E-state index contributed by atoms with van der Waals surface area (Å²) < 4.78 is 27.1. The van der Waals surface area contributed by atoms with Gasteiger partial charge in [-0.2, -0.15) is 0 Å². The molecule has 0 atom stereocenters. The van der Waals surface area contributed by atoms with Crippen molar-refractivity contribution < 1.29 is 13.9 Å². The van der Waals surface area contributed by atoms with E-state index in [0.717, 1.165) is 19.3 Å². The predicted octanol–water partition coefficient (Wildman–Crippen LogP) is 3.84. The summed E-state index contributed by atoms with van der Waals surface area (Å²) in [4.78, 5) is 0. The van der Waals surface area contributed by atoms with Gasteiger partial charge in [0.1, 0.15) is 11.6 Å². The summed E-state index contributed by atoms with van der Waals surface area (Å²) in [6, 6.07) is 3.85. The van der Waals surface area contributed by atoms with Crippen LogP contribution in [0.2, 0.25) is 0 Å². The van der Waals surface area contributed by atoms with Crippen molar-refractivity contribution in [3.63, 3.8) is 0 Å². The molecular formula is C15H20F2O. The van der Waals surface area contributed by atoms with E-state index in [0.29, 0.717) is 18.8 Å². The standard InChI is InChI=1S/C15H20F2O/c1-2-11-6-8-15(18,9-7-11)10-12-13(16)4-3-5-14(12)17/h3-5,11,18H,2,6-10H2,1H3. The van der Waals surface area contributed by atoms with Crippen LogP contribution < -0.4 is 0 Å². The average Bonchev–Trinajstić information content (AvgIpc) is 2.35. The molecule has 0 saturated heterocycles. The quantitative estimate of drug-likeness (QED) is 0.869. The van der Waals surface area contributed by atoms with Gasteiger partial charge in [0.05, 0.1) is 5.60 Å². The highest BCUT2D eigenvalue weighted by Gasteiger charge is 2.34. The van der Waals surface area contributed by atoms with Gasteiger partial charge in [0.15, 0.2) is 0 Å². The zero-order chi connectivity index (χ0) is 13.2. The third-order valence-electron chi connectivity index (χ3n) is 4.18. The van der Waals surface area contributed by atoms with E-state index >= 15 is 0 Å². The van der Waals surface area contributed by atoms with Crippen molar-refractivity contribution in [3.05, 3.63) is 35.4 Å². The van der Waals surface area contributed by atoms with Crippen LogP contribution in [0.25, 0.3) is 0 Å². The van der Waals surface area contributed by atoms with Crippen LogP contribution in [-0.2, 0) is 6.42 Å². The van der Waals surface area contributed by atoms with Crippen LogP contribution in [-0.4, -0.2) is 10.7 Å². The number of rotatable bonds is 3. The maximum Gasteiger partial charge on any atom is 0.129 e. The molecule has 0 aliphatic heterocycles. The van der Waals surface area contributed by atoms with Crippen LogP contribution in [0.1, 0.15) is 44.6 Å². The number of hydrogen-bond acceptors (Lipinski definition) is 1. The zero-order valence-electron chi connectivity index (χ0n) is 10.8. The summed E-state index contributed by atoms with van der Waals surface area (Å²) in [5.74, 6) is -0.460. The van der Waals surface area contributed by atoms with Gasteiger partial charge in [0.25, 0.3) is 0 Å². The van der Waals surface area contributed by atoms with E-state index in [1.807, 2.05) is 0 Å². The third kappa shape index (κ3) is 2.89. The molecule has 1 aliphatic rings. The molecule has 0 spiro atoms. The topological polar surface area (TPSA) is 20.2 Å². The van der Waals surface area contributed by atoms with Crippen molar-refractivity contribution in [2.24, 2.45) is 5.92 Å². The lowest BCUT2D eigenvalue weighted by Crippen LogP contribution is -2.36. The molecule has 18 heavy (non-hydrogen) atoms. The van der Waals surface area contributed by atoms with Crippen LogP contribution >= 0.6 is 0 Å². The molecule has 0 unspecified atom stereocenters. The Balaban J connectivity index is 2.09. The van der Waals surface area contributed by atoms with Gasteiger partial charge in [0.2, 0.25) is 0 Å². The first-order chi connectivity index (χ1) is 8.54. The molecule has 3 heteroatoms. The van der Waals surface area contributed by atoms with E-state index in [4.69, 9.17) is 0 Å². The van der Waals surface area contributed by atoms with Crippen LogP contribution in [0, 0.1) is 17.6 Å². The van der Waals surface area contributed by atoms with Crippen LogP contribution in [0.4, 0.5) is 8.78 Å². The number of benzene rings is 1. The monoisotopic (exact) mass is 254 g/mol. The lowest BCUT2D eigenvalue weighted by molar-refractivity contribution is -0.0105. The number of aliphatic hydroxyl groups is 1. The van der Waals surface area contributed by atoms with Gasteiger partial charge < -0.3 is 5.11 Å². The van der Waals surface area contributed by atoms with Crippen molar-refractivity contribution >= 4 is 0 Å². The highest BCUT2D eigenvalue weighted by Crippen LogP contribution is 2.36. The Bertz CT molecular complexity index is 389. The molecule has 1 aliphatic carbocycles. The van der Waals surface area contributed by atoms with Crippen molar-refractivity contribution in [3.8, 4) is 0 Å². The van der Waals surface area contributed by atoms with E-state index in [-0.39, 0.29) is 12.0 Å². The molecule has 1 fully saturated rings. The van der Waals surface area contributed by atoms with Gasteiger partial charge in [-0.05, 0) is 43.7 Å². The van der Waals surface area contributed by atoms with Gasteiger partial charge in [-0.25, -0.2) is 8.78 Å². The highest BCUT2D eigenvalue weighted by atomic mass is 19.1. The maximum absolute atomic E-state index is 13.6. The molecule has 1 N–H and O–H groups in total. The minimum atomic E-state index is -0.936. The van der Waals surface area contributed by atoms with Gasteiger partial charge >= 0.3 is 0 Å². The molecule has 2 rings (SSSR count). The molecule has 0 aromatic heterocycles. The summed E-state index contributed by atoms with van der Waals surface area (Å²) in [5.41, 5.74) is -0.913. The van der Waals surface area contributed by atoms with Crippen molar-refractivity contribution in [2.75, 3.05) is 0 Å². The number of hydrogen-bond donors (Lipinski definition) is 1. The smallest absolute Gasteiger partial charge is 0.129 e. The molecule has 0 bridgehead atoms. The second kappa shape index (κ2) is 5.35. The second-order valence-electron chi connectivity index (χ2n) is 5.45. The fourth-order valence-corrected chi connectivity index (χ4v) is 2.83.